The number of nitrogens with one attached hydrogen (secondary N) is 1. The van der Waals surface area contributed by atoms with Crippen LogP contribution in [-0.4, -0.2) is 48.6 Å². The van der Waals surface area contributed by atoms with Gasteiger partial charge < -0.3 is 19.7 Å². The quantitative estimate of drug-likeness (QED) is 0.728. The van der Waals surface area contributed by atoms with Crippen LogP contribution in [0.5, 0.6) is 11.5 Å². The van der Waals surface area contributed by atoms with Crippen molar-refractivity contribution in [1.29, 1.82) is 0 Å². The van der Waals surface area contributed by atoms with E-state index in [9.17, 15) is 4.79 Å². The zero-order valence-corrected chi connectivity index (χ0v) is 16.7. The Morgan fingerprint density at radius 3 is 2.56 bits per heavy atom. The Morgan fingerprint density at radius 1 is 1.15 bits per heavy atom. The summed E-state index contributed by atoms with van der Waals surface area (Å²) in [6.45, 7) is 5.14. The topological polar surface area (TPSA) is 76.6 Å². The van der Waals surface area contributed by atoms with Crippen molar-refractivity contribution in [3.63, 3.8) is 0 Å². The Hall–Kier alpha value is -2.83. The fourth-order valence-electron chi connectivity index (χ4n) is 2.64. The zero-order chi connectivity index (χ0) is 19.8. The lowest BCUT2D eigenvalue weighted by molar-refractivity contribution is 0.0787. The third-order valence-corrected chi connectivity index (χ3v) is 4.17. The monoisotopic (exact) mass is 372 g/mol. The van der Waals surface area contributed by atoms with Crippen LogP contribution in [-0.2, 0) is 6.54 Å². The van der Waals surface area contributed by atoms with Gasteiger partial charge in [-0.05, 0) is 31.0 Å². The van der Waals surface area contributed by atoms with Gasteiger partial charge in [-0.3, -0.25) is 4.79 Å². The highest BCUT2D eigenvalue weighted by atomic mass is 16.5. The van der Waals surface area contributed by atoms with Crippen molar-refractivity contribution in [3.8, 4) is 11.5 Å². The summed E-state index contributed by atoms with van der Waals surface area (Å²) in [4.78, 5) is 22.9. The van der Waals surface area contributed by atoms with Crippen molar-refractivity contribution in [2.75, 3.05) is 33.1 Å². The number of nitrogens with zero attached hydrogens (tertiary/aromatic N) is 3. The van der Waals surface area contributed by atoms with Crippen molar-refractivity contribution < 1.29 is 14.3 Å². The highest BCUT2D eigenvalue weighted by molar-refractivity contribution is 5.92. The van der Waals surface area contributed by atoms with Gasteiger partial charge in [-0.15, -0.1) is 0 Å². The molecule has 0 saturated heterocycles. The number of hydrogen-bond acceptors (Lipinski definition) is 6. The minimum Gasteiger partial charge on any atom is -0.493 e. The summed E-state index contributed by atoms with van der Waals surface area (Å²) in [6, 6.07) is 7.41. The van der Waals surface area contributed by atoms with E-state index in [1.807, 2.05) is 18.2 Å². The van der Waals surface area contributed by atoms with E-state index < -0.39 is 0 Å². The largest absolute Gasteiger partial charge is 0.493 e. The second-order valence-corrected chi connectivity index (χ2v) is 6.31. The number of carbonyl (C=O) groups is 1. The van der Waals surface area contributed by atoms with E-state index in [0.29, 0.717) is 41.9 Å². The highest BCUT2D eigenvalue weighted by Crippen LogP contribution is 2.27. The first kappa shape index (κ1) is 20.5. The van der Waals surface area contributed by atoms with Crippen LogP contribution in [0, 0.1) is 6.92 Å². The number of aryl methyl sites for hydroxylation is 1. The second kappa shape index (κ2) is 9.75. The van der Waals surface area contributed by atoms with Gasteiger partial charge in [-0.1, -0.05) is 19.4 Å². The molecular weight excluding hydrogens is 344 g/mol. The Kier molecular flexibility index (Phi) is 7.40. The molecule has 1 N–H and O–H groups in total. The molecule has 0 aliphatic carbocycles. The number of methoxy groups -OCH3 is 2. The SMILES string of the molecule is CCCCN(C)C(=O)c1cc(NCc2ccc(OC)c(OC)c2)nc(C)n1. The van der Waals surface area contributed by atoms with E-state index in [1.54, 1.807) is 39.2 Å². The Morgan fingerprint density at radius 2 is 1.89 bits per heavy atom. The number of anilines is 1. The van der Waals surface area contributed by atoms with Crippen LogP contribution in [0.1, 0.15) is 41.6 Å². The maximum absolute atomic E-state index is 12.6. The fraction of sp³-hybridized carbons (Fsp3) is 0.450. The molecule has 0 aliphatic rings. The predicted octanol–water partition coefficient (Wildman–Crippen LogP) is 3.29. The first-order valence-corrected chi connectivity index (χ1v) is 9.04. The average Bonchev–Trinajstić information content (AvgIpc) is 2.69. The summed E-state index contributed by atoms with van der Waals surface area (Å²) in [7, 11) is 5.01. The van der Waals surface area contributed by atoms with Crippen LogP contribution in [0.15, 0.2) is 24.3 Å². The smallest absolute Gasteiger partial charge is 0.272 e. The Balaban J connectivity index is 2.11. The van der Waals surface area contributed by atoms with Crippen LogP contribution in [0.2, 0.25) is 0 Å². The van der Waals surface area contributed by atoms with Crippen LogP contribution in [0.4, 0.5) is 5.82 Å². The average molecular weight is 372 g/mol. The number of rotatable bonds is 9. The van der Waals surface area contributed by atoms with E-state index in [0.717, 1.165) is 18.4 Å². The molecule has 0 bridgehead atoms. The molecule has 0 saturated carbocycles. The Bertz CT molecular complexity index is 780. The lowest BCUT2D eigenvalue weighted by Gasteiger charge is -2.17. The van der Waals surface area contributed by atoms with Crippen LogP contribution >= 0.6 is 0 Å². The van der Waals surface area contributed by atoms with E-state index in [2.05, 4.69) is 22.2 Å². The molecule has 1 aromatic heterocycles. The minimum absolute atomic E-state index is 0.0943. The summed E-state index contributed by atoms with van der Waals surface area (Å²) in [5.74, 6) is 2.43. The first-order chi connectivity index (χ1) is 13.0. The molecule has 2 aromatic rings. The lowest BCUT2D eigenvalue weighted by atomic mass is 10.2. The molecule has 27 heavy (non-hydrogen) atoms. The number of benzene rings is 1. The van der Waals surface area contributed by atoms with Crippen LogP contribution in [0.3, 0.4) is 0 Å². The van der Waals surface area contributed by atoms with Crippen molar-refractivity contribution in [2.45, 2.75) is 33.2 Å². The van der Waals surface area contributed by atoms with Crippen molar-refractivity contribution in [3.05, 3.63) is 41.3 Å². The molecule has 0 aliphatic heterocycles. The lowest BCUT2D eigenvalue weighted by Crippen LogP contribution is -2.28. The van der Waals surface area contributed by atoms with Gasteiger partial charge in [0, 0.05) is 26.2 Å². The molecule has 0 atom stereocenters. The third kappa shape index (κ3) is 5.57. The van der Waals surface area contributed by atoms with Gasteiger partial charge >= 0.3 is 0 Å². The molecule has 1 aromatic carbocycles. The Labute approximate surface area is 160 Å². The van der Waals surface area contributed by atoms with E-state index in [-0.39, 0.29) is 5.91 Å². The standard InChI is InChI=1S/C20H28N4O3/c1-6-7-10-24(3)20(25)16-12-19(23-14(2)22-16)21-13-15-8-9-17(26-4)18(11-15)27-5/h8-9,11-12H,6-7,10,13H2,1-5H3,(H,21,22,23). The van der Waals surface area contributed by atoms with E-state index in [4.69, 9.17) is 9.47 Å². The van der Waals surface area contributed by atoms with Gasteiger partial charge in [0.15, 0.2) is 11.5 Å². The minimum atomic E-state index is -0.0943. The number of unbranched alkanes of at least 4 members (excludes halogenated alkanes) is 1. The maximum Gasteiger partial charge on any atom is 0.272 e. The molecule has 0 spiro atoms. The third-order valence-electron chi connectivity index (χ3n) is 4.17. The fourth-order valence-corrected chi connectivity index (χ4v) is 2.64. The van der Waals surface area contributed by atoms with Crippen molar-refractivity contribution in [1.82, 2.24) is 14.9 Å². The molecule has 1 amide bonds. The van der Waals surface area contributed by atoms with Crippen molar-refractivity contribution in [2.24, 2.45) is 0 Å². The van der Waals surface area contributed by atoms with E-state index in [1.165, 1.54) is 0 Å². The number of aromatic nitrogens is 2. The molecular formula is C20H28N4O3. The summed E-state index contributed by atoms with van der Waals surface area (Å²) in [5, 5.41) is 3.25. The summed E-state index contributed by atoms with van der Waals surface area (Å²) < 4.78 is 10.6. The first-order valence-electron chi connectivity index (χ1n) is 9.04. The number of carbonyl (C=O) groups excluding carboxylic acids is 1. The normalized spacial score (nSPS) is 10.4. The molecule has 7 heteroatoms. The molecule has 0 radical (unpaired) electrons. The van der Waals surface area contributed by atoms with Crippen LogP contribution < -0.4 is 14.8 Å². The van der Waals surface area contributed by atoms with Gasteiger partial charge in [0.25, 0.3) is 5.91 Å². The zero-order valence-electron chi connectivity index (χ0n) is 16.7. The van der Waals surface area contributed by atoms with Gasteiger partial charge in [-0.25, -0.2) is 9.97 Å². The van der Waals surface area contributed by atoms with Crippen molar-refractivity contribution >= 4 is 11.7 Å². The number of ether oxygens (including phenoxy) is 2. The molecule has 1 heterocycles. The highest BCUT2D eigenvalue weighted by Gasteiger charge is 2.15. The summed E-state index contributed by atoms with van der Waals surface area (Å²) in [6.07, 6.45) is 2.01. The predicted molar refractivity (Wildman–Crippen MR) is 106 cm³/mol. The van der Waals surface area contributed by atoms with Gasteiger partial charge in [-0.2, -0.15) is 0 Å². The van der Waals surface area contributed by atoms with E-state index >= 15 is 0 Å². The number of hydrogen-bond donors (Lipinski definition) is 1. The van der Waals surface area contributed by atoms with Crippen LogP contribution in [0.25, 0.3) is 0 Å². The molecule has 0 unspecified atom stereocenters. The van der Waals surface area contributed by atoms with Gasteiger partial charge in [0.05, 0.1) is 14.2 Å². The summed E-state index contributed by atoms with van der Waals surface area (Å²) in [5.41, 5.74) is 1.41. The van der Waals surface area contributed by atoms with Gasteiger partial charge in [0.2, 0.25) is 0 Å². The maximum atomic E-state index is 12.6. The number of amides is 1. The molecule has 7 nitrogen and oxygen atoms in total. The summed E-state index contributed by atoms with van der Waals surface area (Å²) >= 11 is 0. The molecule has 2 rings (SSSR count). The molecule has 0 fully saturated rings. The van der Waals surface area contributed by atoms with Gasteiger partial charge in [0.1, 0.15) is 17.3 Å². The second-order valence-electron chi connectivity index (χ2n) is 6.31. The molecule has 146 valence electrons.